The molecule has 1 aromatic heterocycles. The SMILES string of the molecule is CC1CCC(N(C(=O)Nc2ncc(CN3CCN(S(=O)(=O)CCC(=O)O)CC3)s2)C2CCCCCC2)CC1. The second-order valence-corrected chi connectivity index (χ2v) is 14.4. The van der Waals surface area contributed by atoms with E-state index in [1.165, 1.54) is 54.2 Å². The number of sulfonamides is 1. The second-order valence-electron chi connectivity index (χ2n) is 11.2. The Morgan fingerprint density at radius 1 is 1.03 bits per heavy atom. The number of urea groups is 1. The van der Waals surface area contributed by atoms with Crippen LogP contribution in [0.4, 0.5) is 9.93 Å². The zero-order chi connectivity index (χ0) is 27.1. The van der Waals surface area contributed by atoms with E-state index < -0.39 is 16.0 Å². The number of hydrogen-bond acceptors (Lipinski definition) is 7. The molecule has 0 atom stereocenters. The van der Waals surface area contributed by atoms with Gasteiger partial charge in [0.1, 0.15) is 0 Å². The van der Waals surface area contributed by atoms with E-state index in [9.17, 15) is 18.0 Å². The molecule has 0 unspecified atom stereocenters. The van der Waals surface area contributed by atoms with Gasteiger partial charge in [0.25, 0.3) is 0 Å². The normalized spacial score (nSPS) is 24.6. The number of nitrogens with zero attached hydrogens (tertiary/aromatic N) is 4. The molecule has 0 aromatic carbocycles. The summed E-state index contributed by atoms with van der Waals surface area (Å²) in [6.07, 6.45) is 13.0. The fraction of sp³-hybridized carbons (Fsp3) is 0.808. The summed E-state index contributed by atoms with van der Waals surface area (Å²) in [7, 11) is -3.55. The van der Waals surface area contributed by atoms with Crippen molar-refractivity contribution in [1.82, 2.24) is 19.1 Å². The molecule has 10 nitrogen and oxygen atoms in total. The minimum Gasteiger partial charge on any atom is -0.481 e. The molecule has 2 heterocycles. The number of hydrogen-bond donors (Lipinski definition) is 2. The van der Waals surface area contributed by atoms with Crippen LogP contribution in [0.5, 0.6) is 0 Å². The maximum atomic E-state index is 13.6. The lowest BCUT2D eigenvalue weighted by Gasteiger charge is -2.40. The van der Waals surface area contributed by atoms with Crippen LogP contribution in [0.25, 0.3) is 0 Å². The van der Waals surface area contributed by atoms with E-state index in [0.29, 0.717) is 49.9 Å². The first-order chi connectivity index (χ1) is 18.2. The molecule has 2 saturated carbocycles. The van der Waals surface area contributed by atoms with Gasteiger partial charge in [-0.25, -0.2) is 18.2 Å². The van der Waals surface area contributed by atoms with Gasteiger partial charge in [-0.1, -0.05) is 32.6 Å². The number of aliphatic carboxylic acids is 1. The van der Waals surface area contributed by atoms with E-state index >= 15 is 0 Å². The predicted octanol–water partition coefficient (Wildman–Crippen LogP) is 4.20. The fourth-order valence-electron chi connectivity index (χ4n) is 6.01. The van der Waals surface area contributed by atoms with Crippen LogP contribution in [0.1, 0.15) is 82.4 Å². The highest BCUT2D eigenvalue weighted by Gasteiger charge is 2.34. The highest BCUT2D eigenvalue weighted by Crippen LogP contribution is 2.33. The van der Waals surface area contributed by atoms with Crippen molar-refractivity contribution in [2.45, 2.75) is 96.2 Å². The van der Waals surface area contributed by atoms with Gasteiger partial charge in [-0.05, 0) is 44.4 Å². The number of thiazole rings is 1. The molecule has 4 rings (SSSR count). The predicted molar refractivity (Wildman–Crippen MR) is 149 cm³/mol. The third kappa shape index (κ3) is 8.12. The molecule has 1 saturated heterocycles. The molecule has 3 aliphatic rings. The van der Waals surface area contributed by atoms with Crippen LogP contribution in [0.3, 0.4) is 0 Å². The summed E-state index contributed by atoms with van der Waals surface area (Å²) < 4.78 is 26.1. The first-order valence-electron chi connectivity index (χ1n) is 14.2. The molecule has 38 heavy (non-hydrogen) atoms. The number of carboxylic acid groups (broad SMARTS) is 1. The van der Waals surface area contributed by atoms with Crippen molar-refractivity contribution >= 4 is 38.5 Å². The lowest BCUT2D eigenvalue weighted by Crippen LogP contribution is -2.50. The molecule has 0 spiro atoms. The van der Waals surface area contributed by atoms with Crippen molar-refractivity contribution in [2.75, 3.05) is 37.2 Å². The third-order valence-electron chi connectivity index (χ3n) is 8.28. The summed E-state index contributed by atoms with van der Waals surface area (Å²) in [5.41, 5.74) is 0. The van der Waals surface area contributed by atoms with Crippen LogP contribution in [-0.2, 0) is 21.4 Å². The second kappa shape index (κ2) is 13.5. The zero-order valence-electron chi connectivity index (χ0n) is 22.5. The standard InChI is InChI=1S/C26H43N5O5S2/c1-20-8-10-22(11-9-20)31(21-6-4-2-3-5-7-21)26(34)28-25-27-18-23(37-25)19-29-13-15-30(16-14-29)38(35,36)17-12-24(32)33/h18,20-22H,2-17,19H2,1H3,(H,32,33)(H,27,28,34). The summed E-state index contributed by atoms with van der Waals surface area (Å²) >= 11 is 1.48. The Hall–Kier alpha value is -1.76. The molecular weight excluding hydrogens is 526 g/mol. The molecule has 2 amide bonds. The molecule has 214 valence electrons. The Balaban J connectivity index is 1.32. The monoisotopic (exact) mass is 569 g/mol. The highest BCUT2D eigenvalue weighted by molar-refractivity contribution is 7.89. The van der Waals surface area contributed by atoms with E-state index in [1.807, 2.05) is 0 Å². The molecular formula is C26H43N5O5S2. The Labute approximate surface area is 230 Å². The van der Waals surface area contributed by atoms with Crippen molar-refractivity contribution in [3.05, 3.63) is 11.1 Å². The van der Waals surface area contributed by atoms with Crippen molar-refractivity contribution in [2.24, 2.45) is 5.92 Å². The molecule has 3 fully saturated rings. The fourth-order valence-corrected chi connectivity index (χ4v) is 8.27. The van der Waals surface area contributed by atoms with E-state index in [0.717, 1.165) is 36.5 Å². The molecule has 2 aliphatic carbocycles. The van der Waals surface area contributed by atoms with E-state index in [2.05, 4.69) is 27.0 Å². The Morgan fingerprint density at radius 3 is 2.29 bits per heavy atom. The summed E-state index contributed by atoms with van der Waals surface area (Å²) in [5.74, 6) is -0.734. The third-order valence-corrected chi connectivity index (χ3v) is 11.0. The molecule has 0 radical (unpaired) electrons. The van der Waals surface area contributed by atoms with Crippen molar-refractivity contribution in [3.63, 3.8) is 0 Å². The minimum absolute atomic E-state index is 0.0162. The van der Waals surface area contributed by atoms with E-state index in [4.69, 9.17) is 5.11 Å². The smallest absolute Gasteiger partial charge is 0.324 e. The van der Waals surface area contributed by atoms with Gasteiger partial charge < -0.3 is 10.0 Å². The molecule has 1 aromatic rings. The van der Waals surface area contributed by atoms with Crippen LogP contribution < -0.4 is 5.32 Å². The van der Waals surface area contributed by atoms with Gasteiger partial charge in [0, 0.05) is 55.9 Å². The van der Waals surface area contributed by atoms with Crippen LogP contribution in [0.2, 0.25) is 0 Å². The Morgan fingerprint density at radius 2 is 1.66 bits per heavy atom. The number of carboxylic acids is 1. The average Bonchev–Trinajstić information content (AvgIpc) is 3.15. The summed E-state index contributed by atoms with van der Waals surface area (Å²) in [4.78, 5) is 34.2. The first kappa shape index (κ1) is 29.2. The van der Waals surface area contributed by atoms with Crippen LogP contribution in [-0.4, -0.2) is 88.6 Å². The molecule has 12 heteroatoms. The zero-order valence-corrected chi connectivity index (χ0v) is 24.1. The van der Waals surface area contributed by atoms with Gasteiger partial charge in [0.15, 0.2) is 5.13 Å². The van der Waals surface area contributed by atoms with Crippen LogP contribution >= 0.6 is 11.3 Å². The van der Waals surface area contributed by atoms with Gasteiger partial charge >= 0.3 is 12.0 Å². The number of rotatable bonds is 9. The van der Waals surface area contributed by atoms with Gasteiger partial charge in [-0.2, -0.15) is 4.31 Å². The Kier molecular flexibility index (Phi) is 10.4. The van der Waals surface area contributed by atoms with Gasteiger partial charge in [0.2, 0.25) is 10.0 Å². The molecule has 1 aliphatic heterocycles. The summed E-state index contributed by atoms with van der Waals surface area (Å²) in [6.45, 7) is 4.79. The summed E-state index contributed by atoms with van der Waals surface area (Å²) in [5, 5.41) is 12.5. The molecule has 2 N–H and O–H groups in total. The van der Waals surface area contributed by atoms with Crippen LogP contribution in [0, 0.1) is 5.92 Å². The number of nitrogens with one attached hydrogen (secondary N) is 1. The van der Waals surface area contributed by atoms with Crippen molar-refractivity contribution in [3.8, 4) is 0 Å². The van der Waals surface area contributed by atoms with E-state index in [-0.39, 0.29) is 18.2 Å². The largest absolute Gasteiger partial charge is 0.481 e. The van der Waals surface area contributed by atoms with Gasteiger partial charge in [0.05, 0.1) is 12.2 Å². The van der Waals surface area contributed by atoms with Crippen molar-refractivity contribution < 1.29 is 23.1 Å². The maximum absolute atomic E-state index is 13.6. The van der Waals surface area contributed by atoms with E-state index in [1.54, 1.807) is 6.20 Å². The molecule has 0 bridgehead atoms. The minimum atomic E-state index is -3.55. The number of anilines is 1. The number of piperazine rings is 1. The van der Waals surface area contributed by atoms with Crippen molar-refractivity contribution in [1.29, 1.82) is 0 Å². The maximum Gasteiger partial charge on any atom is 0.324 e. The number of carbonyl (C=O) groups is 2. The average molecular weight is 570 g/mol. The number of amides is 2. The lowest BCUT2D eigenvalue weighted by atomic mass is 9.85. The first-order valence-corrected chi connectivity index (χ1v) is 16.6. The lowest BCUT2D eigenvalue weighted by molar-refractivity contribution is -0.136. The van der Waals surface area contributed by atoms with Gasteiger partial charge in [-0.3, -0.25) is 15.0 Å². The van der Waals surface area contributed by atoms with Gasteiger partial charge in [-0.15, -0.1) is 11.3 Å². The highest BCUT2D eigenvalue weighted by atomic mass is 32.2. The topological polar surface area (TPSA) is 123 Å². The Bertz CT molecular complexity index is 1020. The quantitative estimate of drug-likeness (QED) is 0.427. The number of carbonyl (C=O) groups excluding carboxylic acids is 1. The summed E-state index contributed by atoms with van der Waals surface area (Å²) in [6, 6.07) is 0.591. The number of aromatic nitrogens is 1. The van der Waals surface area contributed by atoms with Crippen LogP contribution in [0.15, 0.2) is 6.20 Å².